The number of carbonyl (C=O) groups excluding carboxylic acids is 1. The predicted molar refractivity (Wildman–Crippen MR) is 96.9 cm³/mol. The van der Waals surface area contributed by atoms with Crippen molar-refractivity contribution in [2.24, 2.45) is 0 Å². The van der Waals surface area contributed by atoms with E-state index >= 15 is 0 Å². The minimum absolute atomic E-state index is 0.0761. The number of nitrogens with zero attached hydrogens (tertiary/aromatic N) is 5. The summed E-state index contributed by atoms with van der Waals surface area (Å²) in [6.45, 7) is 7.12. The van der Waals surface area contributed by atoms with Crippen LogP contribution in [-0.4, -0.2) is 27.2 Å². The van der Waals surface area contributed by atoms with Gasteiger partial charge in [-0.05, 0) is 51.0 Å². The topological polar surface area (TPSA) is 105 Å². The van der Waals surface area contributed by atoms with Gasteiger partial charge in [-0.25, -0.2) is 0 Å². The summed E-state index contributed by atoms with van der Waals surface area (Å²) in [5.41, 5.74) is 3.26. The van der Waals surface area contributed by atoms with Gasteiger partial charge >= 0.3 is 5.69 Å². The molecule has 0 aliphatic rings. The Labute approximate surface area is 151 Å². The number of amides is 1. The van der Waals surface area contributed by atoms with Crippen molar-refractivity contribution >= 4 is 17.3 Å². The highest BCUT2D eigenvalue weighted by molar-refractivity contribution is 5.93. The minimum Gasteiger partial charge on any atom is -0.310 e. The molecular formula is C18H21N5O3. The van der Waals surface area contributed by atoms with E-state index < -0.39 is 4.92 Å². The maximum absolute atomic E-state index is 12.9. The maximum atomic E-state index is 12.9. The second-order valence-corrected chi connectivity index (χ2v) is 6.23. The first-order chi connectivity index (χ1) is 12.2. The van der Waals surface area contributed by atoms with E-state index in [9.17, 15) is 14.9 Å². The number of nitriles is 1. The van der Waals surface area contributed by atoms with Gasteiger partial charge in [0.1, 0.15) is 17.9 Å². The largest absolute Gasteiger partial charge is 0.312 e. The fourth-order valence-corrected chi connectivity index (χ4v) is 2.99. The van der Waals surface area contributed by atoms with Gasteiger partial charge in [-0.1, -0.05) is 6.07 Å². The van der Waals surface area contributed by atoms with E-state index in [0.717, 1.165) is 11.1 Å². The van der Waals surface area contributed by atoms with Crippen LogP contribution in [0, 0.1) is 49.1 Å². The molecule has 136 valence electrons. The van der Waals surface area contributed by atoms with E-state index in [1.165, 1.54) is 9.58 Å². The number of anilines is 1. The van der Waals surface area contributed by atoms with Gasteiger partial charge in [-0.2, -0.15) is 10.4 Å². The average molecular weight is 355 g/mol. The molecule has 26 heavy (non-hydrogen) atoms. The number of aryl methyl sites for hydroxylation is 3. The molecule has 1 aromatic carbocycles. The molecule has 0 N–H and O–H groups in total. The molecule has 0 spiro atoms. The van der Waals surface area contributed by atoms with Gasteiger partial charge in [0, 0.05) is 12.2 Å². The second kappa shape index (κ2) is 7.78. The summed E-state index contributed by atoms with van der Waals surface area (Å²) in [4.78, 5) is 25.0. The lowest BCUT2D eigenvalue weighted by atomic mass is 10.1. The van der Waals surface area contributed by atoms with Gasteiger partial charge in [0.25, 0.3) is 0 Å². The van der Waals surface area contributed by atoms with Crippen molar-refractivity contribution in [2.75, 3.05) is 11.4 Å². The van der Waals surface area contributed by atoms with E-state index in [1.807, 2.05) is 38.1 Å². The van der Waals surface area contributed by atoms with Gasteiger partial charge < -0.3 is 4.90 Å². The maximum Gasteiger partial charge on any atom is 0.312 e. The molecule has 0 saturated carbocycles. The number of aromatic nitrogens is 2. The molecule has 0 unspecified atom stereocenters. The van der Waals surface area contributed by atoms with Crippen LogP contribution in [0.5, 0.6) is 0 Å². The Bertz CT molecular complexity index is 875. The second-order valence-electron chi connectivity index (χ2n) is 6.23. The monoisotopic (exact) mass is 355 g/mol. The summed E-state index contributed by atoms with van der Waals surface area (Å²) >= 11 is 0. The number of nitro groups is 1. The van der Waals surface area contributed by atoms with Crippen molar-refractivity contribution in [2.45, 2.75) is 40.7 Å². The third-order valence-corrected chi connectivity index (χ3v) is 4.08. The summed E-state index contributed by atoms with van der Waals surface area (Å²) in [7, 11) is 0. The zero-order valence-electron chi connectivity index (χ0n) is 15.3. The van der Waals surface area contributed by atoms with Crippen LogP contribution in [0.15, 0.2) is 18.2 Å². The zero-order chi connectivity index (χ0) is 19.4. The molecule has 0 aliphatic heterocycles. The molecule has 1 amide bonds. The lowest BCUT2D eigenvalue weighted by Gasteiger charge is -2.23. The fourth-order valence-electron chi connectivity index (χ4n) is 2.99. The summed E-state index contributed by atoms with van der Waals surface area (Å²) in [5.74, 6) is -0.272. The van der Waals surface area contributed by atoms with Crippen molar-refractivity contribution < 1.29 is 9.72 Å². The Hall–Kier alpha value is -3.21. The molecule has 0 saturated heterocycles. The summed E-state index contributed by atoms with van der Waals surface area (Å²) in [5, 5.41) is 24.2. The number of benzene rings is 1. The Morgan fingerprint density at radius 3 is 2.38 bits per heavy atom. The lowest BCUT2D eigenvalue weighted by Crippen LogP contribution is -2.35. The fraction of sp³-hybridized carbons (Fsp3) is 0.389. The lowest BCUT2D eigenvalue weighted by molar-refractivity contribution is -0.386. The van der Waals surface area contributed by atoms with Gasteiger partial charge in [0.05, 0.1) is 17.4 Å². The Kier molecular flexibility index (Phi) is 5.72. The quantitative estimate of drug-likeness (QED) is 0.585. The normalized spacial score (nSPS) is 10.4. The van der Waals surface area contributed by atoms with Crippen LogP contribution >= 0.6 is 0 Å². The Balaban J connectivity index is 2.35. The minimum atomic E-state index is -0.490. The van der Waals surface area contributed by atoms with E-state index in [4.69, 9.17) is 5.26 Å². The summed E-state index contributed by atoms with van der Waals surface area (Å²) < 4.78 is 1.35. The molecule has 2 rings (SSSR count). The third-order valence-electron chi connectivity index (χ3n) is 4.08. The number of carbonyl (C=O) groups is 1. The Morgan fingerprint density at radius 2 is 1.88 bits per heavy atom. The number of rotatable bonds is 6. The predicted octanol–water partition coefficient (Wildman–Crippen LogP) is 2.97. The van der Waals surface area contributed by atoms with Crippen LogP contribution in [-0.2, 0) is 11.3 Å². The first-order valence-electron chi connectivity index (χ1n) is 8.18. The molecule has 8 heteroatoms. The van der Waals surface area contributed by atoms with Gasteiger partial charge in [0.15, 0.2) is 0 Å². The van der Waals surface area contributed by atoms with Crippen LogP contribution in [0.3, 0.4) is 0 Å². The molecule has 0 fully saturated rings. The van der Waals surface area contributed by atoms with Crippen LogP contribution in [0.4, 0.5) is 11.4 Å². The van der Waals surface area contributed by atoms with Crippen LogP contribution in [0.1, 0.15) is 28.9 Å². The van der Waals surface area contributed by atoms with Crippen molar-refractivity contribution in [1.82, 2.24) is 9.78 Å². The first kappa shape index (κ1) is 19.1. The zero-order valence-corrected chi connectivity index (χ0v) is 15.3. The highest BCUT2D eigenvalue weighted by Gasteiger charge is 2.24. The van der Waals surface area contributed by atoms with E-state index in [2.05, 4.69) is 5.10 Å². The molecular weight excluding hydrogens is 334 g/mol. The van der Waals surface area contributed by atoms with E-state index in [1.54, 1.807) is 13.8 Å². The molecule has 1 aromatic heterocycles. The van der Waals surface area contributed by atoms with E-state index in [0.29, 0.717) is 11.4 Å². The number of hydrogen-bond acceptors (Lipinski definition) is 5. The first-order valence-corrected chi connectivity index (χ1v) is 8.18. The van der Waals surface area contributed by atoms with Crippen molar-refractivity contribution in [3.05, 3.63) is 50.8 Å². The average Bonchev–Trinajstić information content (AvgIpc) is 2.80. The standard InChI is InChI=1S/C18H21N5O3/c1-12-8-13(2)10-16(9-12)21(7-5-6-19)17(24)11-22-15(4)18(23(25)26)14(3)20-22/h8-10H,5,7,11H2,1-4H3. The molecule has 2 aromatic rings. The smallest absolute Gasteiger partial charge is 0.310 e. The van der Waals surface area contributed by atoms with Gasteiger partial charge in [0.2, 0.25) is 5.91 Å². The molecule has 0 aliphatic carbocycles. The SMILES string of the molecule is Cc1cc(C)cc(N(CCC#N)C(=O)Cn2nc(C)c([N+](=O)[O-])c2C)c1. The summed E-state index contributed by atoms with van der Waals surface area (Å²) in [6.07, 6.45) is 0.190. The van der Waals surface area contributed by atoms with Crippen LogP contribution in [0.2, 0.25) is 0 Å². The highest BCUT2D eigenvalue weighted by atomic mass is 16.6. The number of hydrogen-bond donors (Lipinski definition) is 0. The highest BCUT2D eigenvalue weighted by Crippen LogP contribution is 2.23. The molecule has 8 nitrogen and oxygen atoms in total. The van der Waals surface area contributed by atoms with Crippen molar-refractivity contribution in [3.63, 3.8) is 0 Å². The molecule has 0 bridgehead atoms. The third kappa shape index (κ3) is 4.06. The van der Waals surface area contributed by atoms with Crippen LogP contribution in [0.25, 0.3) is 0 Å². The van der Waals surface area contributed by atoms with Crippen molar-refractivity contribution in [1.29, 1.82) is 5.26 Å². The van der Waals surface area contributed by atoms with Gasteiger partial charge in [-0.3, -0.25) is 19.6 Å². The Morgan fingerprint density at radius 1 is 1.27 bits per heavy atom. The molecule has 0 atom stereocenters. The molecule has 0 radical (unpaired) electrons. The van der Waals surface area contributed by atoms with Gasteiger partial charge in [-0.15, -0.1) is 0 Å². The van der Waals surface area contributed by atoms with E-state index in [-0.39, 0.29) is 36.8 Å². The summed E-state index contributed by atoms with van der Waals surface area (Å²) in [6, 6.07) is 7.81. The van der Waals surface area contributed by atoms with Crippen molar-refractivity contribution in [3.8, 4) is 6.07 Å². The van der Waals surface area contributed by atoms with Crippen LogP contribution < -0.4 is 4.90 Å². The molecule has 1 heterocycles.